The lowest BCUT2D eigenvalue weighted by molar-refractivity contribution is 0.121. The molecular weight excluding hydrogens is 326 g/mol. The number of hydrogen-bond donors (Lipinski definition) is 0. The highest BCUT2D eigenvalue weighted by Crippen LogP contribution is 2.35. The highest BCUT2D eigenvalue weighted by Gasteiger charge is 2.30. The monoisotopic (exact) mass is 351 g/mol. The Bertz CT molecular complexity index is 882. The van der Waals surface area contributed by atoms with Crippen LogP contribution in [-0.4, -0.2) is 31.3 Å². The molecule has 1 aliphatic rings. The molecule has 0 aliphatic carbocycles. The Morgan fingerprint density at radius 1 is 1.19 bits per heavy atom. The van der Waals surface area contributed by atoms with Crippen LogP contribution in [-0.2, 0) is 19.6 Å². The Morgan fingerprint density at radius 3 is 2.85 bits per heavy atom. The van der Waals surface area contributed by atoms with Crippen LogP contribution in [0, 0.1) is 0 Å². The molecule has 6 nitrogen and oxygen atoms in total. The van der Waals surface area contributed by atoms with Crippen LogP contribution < -0.4 is 4.74 Å². The van der Waals surface area contributed by atoms with E-state index in [0.717, 1.165) is 31.2 Å². The highest BCUT2D eigenvalue weighted by molar-refractivity contribution is 5.36. The minimum Gasteiger partial charge on any atom is -0.496 e. The third-order valence-electron chi connectivity index (χ3n) is 5.06. The van der Waals surface area contributed by atoms with Crippen molar-refractivity contribution >= 4 is 0 Å². The average Bonchev–Trinajstić information content (AvgIpc) is 3.30. The zero-order chi connectivity index (χ0) is 18.1. The summed E-state index contributed by atoms with van der Waals surface area (Å²) in [6, 6.07) is 11.0. The molecule has 0 radical (unpaired) electrons. The van der Waals surface area contributed by atoms with Gasteiger partial charge in [0.1, 0.15) is 11.6 Å². The van der Waals surface area contributed by atoms with Crippen LogP contribution in [0.1, 0.15) is 43.0 Å². The molecule has 3 heterocycles. The molecule has 0 saturated heterocycles. The Kier molecular flexibility index (Phi) is 4.51. The molecule has 0 fully saturated rings. The molecule has 1 aliphatic heterocycles. The number of imidazole rings is 1. The summed E-state index contributed by atoms with van der Waals surface area (Å²) in [5.74, 6) is 2.04. The molecular formula is C20H25N5O. The molecule has 4 rings (SSSR count). The largest absolute Gasteiger partial charge is 0.496 e. The van der Waals surface area contributed by atoms with E-state index in [4.69, 9.17) is 4.74 Å². The van der Waals surface area contributed by atoms with Crippen LogP contribution in [0.25, 0.3) is 0 Å². The van der Waals surface area contributed by atoms with Crippen molar-refractivity contribution in [2.75, 3.05) is 7.11 Å². The van der Waals surface area contributed by atoms with Gasteiger partial charge in [-0.3, -0.25) is 9.58 Å². The molecule has 3 aromatic rings. The molecule has 6 heteroatoms. The maximum absolute atomic E-state index is 5.64. The summed E-state index contributed by atoms with van der Waals surface area (Å²) in [4.78, 5) is 7.00. The number of benzene rings is 1. The summed E-state index contributed by atoms with van der Waals surface area (Å²) in [6.45, 7) is 6.83. The zero-order valence-corrected chi connectivity index (χ0v) is 15.5. The number of ether oxygens (including phenoxy) is 1. The van der Waals surface area contributed by atoms with Gasteiger partial charge in [0.25, 0.3) is 0 Å². The molecule has 0 saturated carbocycles. The first-order chi connectivity index (χ1) is 12.7. The molecule has 0 bridgehead atoms. The first kappa shape index (κ1) is 16.8. The molecule has 0 spiro atoms. The number of aromatic nitrogens is 4. The number of rotatable bonds is 5. The lowest BCUT2D eigenvalue weighted by Gasteiger charge is -2.37. The Morgan fingerprint density at radius 2 is 2.04 bits per heavy atom. The van der Waals surface area contributed by atoms with Crippen molar-refractivity contribution < 1.29 is 4.74 Å². The van der Waals surface area contributed by atoms with E-state index in [1.54, 1.807) is 7.11 Å². The van der Waals surface area contributed by atoms with Gasteiger partial charge >= 0.3 is 0 Å². The Balaban J connectivity index is 1.71. The highest BCUT2D eigenvalue weighted by atomic mass is 16.5. The minimum absolute atomic E-state index is 0.225. The minimum atomic E-state index is 0.225. The maximum atomic E-state index is 5.64. The molecule has 0 N–H and O–H groups in total. The average molecular weight is 351 g/mol. The van der Waals surface area contributed by atoms with Gasteiger partial charge in [0.15, 0.2) is 0 Å². The van der Waals surface area contributed by atoms with Gasteiger partial charge < -0.3 is 9.30 Å². The smallest absolute Gasteiger partial charge is 0.123 e. The summed E-state index contributed by atoms with van der Waals surface area (Å²) < 4.78 is 9.99. The van der Waals surface area contributed by atoms with E-state index in [9.17, 15) is 0 Å². The van der Waals surface area contributed by atoms with Crippen molar-refractivity contribution in [3.63, 3.8) is 0 Å². The molecule has 1 aromatic carbocycles. The number of fused-ring (bicyclic) bond motifs is 1. The Hall–Kier alpha value is -2.60. The maximum Gasteiger partial charge on any atom is 0.123 e. The van der Waals surface area contributed by atoms with Crippen LogP contribution >= 0.6 is 0 Å². The number of hydrogen-bond acceptors (Lipinski definition) is 4. The van der Waals surface area contributed by atoms with E-state index >= 15 is 0 Å². The van der Waals surface area contributed by atoms with E-state index in [-0.39, 0.29) is 6.04 Å². The zero-order valence-electron chi connectivity index (χ0n) is 15.5. The second kappa shape index (κ2) is 6.96. The normalized spacial score (nSPS) is 17.5. The summed E-state index contributed by atoms with van der Waals surface area (Å²) in [5, 5.41) is 4.49. The summed E-state index contributed by atoms with van der Waals surface area (Å²) in [6.07, 6.45) is 5.84. The molecule has 136 valence electrons. The third-order valence-corrected chi connectivity index (χ3v) is 5.06. The molecule has 0 amide bonds. The Labute approximate surface area is 154 Å². The van der Waals surface area contributed by atoms with E-state index < -0.39 is 0 Å². The van der Waals surface area contributed by atoms with Crippen LogP contribution in [0.2, 0.25) is 0 Å². The molecule has 2 aromatic heterocycles. The van der Waals surface area contributed by atoms with Gasteiger partial charge in [0.05, 0.1) is 25.4 Å². The summed E-state index contributed by atoms with van der Waals surface area (Å²) in [5.41, 5.74) is 2.44. The standard InChI is InChI=1S/C20H25N5O/c1-15(2)25-16(8-9-22-25)12-24-14-20-21-10-11-23(20)13-18(24)17-6-4-5-7-19(17)26-3/h4-11,15,18H,12-14H2,1-3H3. The van der Waals surface area contributed by atoms with Crippen molar-refractivity contribution in [2.45, 2.75) is 45.6 Å². The van der Waals surface area contributed by atoms with E-state index in [0.29, 0.717) is 6.04 Å². The molecule has 1 unspecified atom stereocenters. The van der Waals surface area contributed by atoms with Crippen LogP contribution in [0.3, 0.4) is 0 Å². The summed E-state index contributed by atoms with van der Waals surface area (Å²) >= 11 is 0. The fraction of sp³-hybridized carbons (Fsp3) is 0.400. The predicted molar refractivity (Wildman–Crippen MR) is 99.8 cm³/mol. The van der Waals surface area contributed by atoms with Gasteiger partial charge in [0.2, 0.25) is 0 Å². The van der Waals surface area contributed by atoms with Crippen molar-refractivity contribution in [3.8, 4) is 5.75 Å². The van der Waals surface area contributed by atoms with Gasteiger partial charge in [-0.25, -0.2) is 4.98 Å². The second-order valence-electron chi connectivity index (χ2n) is 7.02. The molecule has 1 atom stereocenters. The van der Waals surface area contributed by atoms with Gasteiger partial charge in [0, 0.05) is 43.3 Å². The number of para-hydroxylation sites is 1. The first-order valence-corrected chi connectivity index (χ1v) is 9.06. The van der Waals surface area contributed by atoms with Gasteiger partial charge in [-0.05, 0) is 26.0 Å². The SMILES string of the molecule is COc1ccccc1C1Cn2ccnc2CN1Cc1ccnn1C(C)C. The van der Waals surface area contributed by atoms with Crippen molar-refractivity contribution in [1.29, 1.82) is 0 Å². The van der Waals surface area contributed by atoms with E-state index in [1.165, 1.54) is 11.3 Å². The third kappa shape index (κ3) is 3.01. The lowest BCUT2D eigenvalue weighted by atomic mass is 10.0. The quantitative estimate of drug-likeness (QED) is 0.707. The van der Waals surface area contributed by atoms with Crippen molar-refractivity contribution in [3.05, 3.63) is 66.0 Å². The predicted octanol–water partition coefficient (Wildman–Crippen LogP) is 3.43. The van der Waals surface area contributed by atoms with Gasteiger partial charge in [-0.1, -0.05) is 18.2 Å². The fourth-order valence-corrected chi connectivity index (χ4v) is 3.79. The van der Waals surface area contributed by atoms with Crippen LogP contribution in [0.4, 0.5) is 0 Å². The second-order valence-corrected chi connectivity index (χ2v) is 7.02. The number of nitrogens with zero attached hydrogens (tertiary/aromatic N) is 5. The summed E-state index contributed by atoms with van der Waals surface area (Å²) in [7, 11) is 1.74. The first-order valence-electron chi connectivity index (χ1n) is 9.06. The topological polar surface area (TPSA) is 48.1 Å². The van der Waals surface area contributed by atoms with Crippen LogP contribution in [0.5, 0.6) is 5.75 Å². The van der Waals surface area contributed by atoms with Crippen molar-refractivity contribution in [1.82, 2.24) is 24.2 Å². The fourth-order valence-electron chi connectivity index (χ4n) is 3.79. The van der Waals surface area contributed by atoms with E-state index in [2.05, 4.69) is 62.5 Å². The molecule has 26 heavy (non-hydrogen) atoms. The number of methoxy groups -OCH3 is 1. The van der Waals surface area contributed by atoms with Gasteiger partial charge in [-0.15, -0.1) is 0 Å². The lowest BCUT2D eigenvalue weighted by Crippen LogP contribution is -2.37. The van der Waals surface area contributed by atoms with Crippen molar-refractivity contribution in [2.24, 2.45) is 0 Å². The van der Waals surface area contributed by atoms with Gasteiger partial charge in [-0.2, -0.15) is 5.10 Å². The van der Waals surface area contributed by atoms with E-state index in [1.807, 2.05) is 24.5 Å². The van der Waals surface area contributed by atoms with Crippen LogP contribution in [0.15, 0.2) is 48.9 Å².